The minimum Gasteiger partial charge on any atom is -0.391 e. The van der Waals surface area contributed by atoms with Crippen molar-refractivity contribution in [2.75, 3.05) is 26.2 Å². The van der Waals surface area contributed by atoms with Crippen molar-refractivity contribution in [1.82, 2.24) is 9.80 Å². The molecule has 1 saturated heterocycles. The molecule has 130 valence electrons. The highest BCUT2D eigenvalue weighted by atomic mass is 19.1. The molecule has 1 aliphatic heterocycles. The van der Waals surface area contributed by atoms with Gasteiger partial charge in [-0.25, -0.2) is 4.39 Å². The van der Waals surface area contributed by atoms with E-state index in [0.717, 1.165) is 57.4 Å². The van der Waals surface area contributed by atoms with E-state index in [1.807, 2.05) is 4.90 Å². The Morgan fingerprint density at radius 2 is 1.79 bits per heavy atom. The van der Waals surface area contributed by atoms with Crippen LogP contribution in [0.2, 0.25) is 0 Å². The predicted octanol–water partition coefficient (Wildman–Crippen LogP) is 1.99. The summed E-state index contributed by atoms with van der Waals surface area (Å²) in [5, 5.41) is 10.0. The van der Waals surface area contributed by atoms with Crippen LogP contribution in [0.3, 0.4) is 0 Å². The number of hydrogen-bond donors (Lipinski definition) is 1. The lowest BCUT2D eigenvalue weighted by Gasteiger charge is -2.39. The van der Waals surface area contributed by atoms with Crippen molar-refractivity contribution in [2.45, 2.75) is 43.7 Å². The van der Waals surface area contributed by atoms with Gasteiger partial charge in [-0.05, 0) is 49.3 Å². The monoisotopic (exact) mass is 332 g/mol. The number of carbonyl (C=O) groups excluding carboxylic acids is 1. The van der Waals surface area contributed by atoms with Crippen molar-refractivity contribution in [2.24, 2.45) is 5.92 Å². The van der Waals surface area contributed by atoms with Gasteiger partial charge in [0, 0.05) is 38.1 Å². The number of nitrogens with zero attached hydrogens (tertiary/aromatic N) is 2. The first-order valence-corrected chi connectivity index (χ1v) is 9.10. The summed E-state index contributed by atoms with van der Waals surface area (Å²) in [4.78, 5) is 17.0. The van der Waals surface area contributed by atoms with Gasteiger partial charge in [-0.3, -0.25) is 9.69 Å². The molecule has 1 N–H and O–H groups in total. The molecule has 2 saturated carbocycles. The molecule has 1 amide bonds. The van der Waals surface area contributed by atoms with Gasteiger partial charge in [-0.15, -0.1) is 0 Å². The maximum atomic E-state index is 13.0. The van der Waals surface area contributed by atoms with Gasteiger partial charge in [0.05, 0.1) is 6.10 Å². The van der Waals surface area contributed by atoms with Gasteiger partial charge in [0.15, 0.2) is 0 Å². The van der Waals surface area contributed by atoms with E-state index in [-0.39, 0.29) is 35.7 Å². The summed E-state index contributed by atoms with van der Waals surface area (Å²) in [5.41, 5.74) is 1.07. The van der Waals surface area contributed by atoms with Crippen LogP contribution in [0.25, 0.3) is 0 Å². The summed E-state index contributed by atoms with van der Waals surface area (Å²) in [6, 6.07) is 6.83. The first-order chi connectivity index (χ1) is 11.6. The Bertz CT molecular complexity index is 598. The van der Waals surface area contributed by atoms with E-state index in [4.69, 9.17) is 0 Å². The largest absolute Gasteiger partial charge is 0.391 e. The number of carbonyl (C=O) groups is 1. The molecule has 0 radical (unpaired) electrons. The Balaban J connectivity index is 1.30. The number of benzene rings is 1. The normalized spacial score (nSPS) is 33.7. The zero-order valence-electron chi connectivity index (χ0n) is 13.9. The highest BCUT2D eigenvalue weighted by Gasteiger charge is 2.46. The Morgan fingerprint density at radius 3 is 2.42 bits per heavy atom. The highest BCUT2D eigenvalue weighted by Crippen LogP contribution is 2.48. The molecule has 0 aromatic heterocycles. The lowest BCUT2D eigenvalue weighted by molar-refractivity contribution is -0.135. The summed E-state index contributed by atoms with van der Waals surface area (Å²) in [6.45, 7) is 3.24. The zero-order valence-corrected chi connectivity index (χ0v) is 13.9. The molecule has 1 heterocycles. The van der Waals surface area contributed by atoms with Gasteiger partial charge in [0.25, 0.3) is 0 Å². The van der Waals surface area contributed by atoms with Gasteiger partial charge in [0.1, 0.15) is 5.82 Å². The molecule has 2 aliphatic carbocycles. The third kappa shape index (κ3) is 3.07. The van der Waals surface area contributed by atoms with Crippen LogP contribution in [0.4, 0.5) is 4.39 Å². The second-order valence-electron chi connectivity index (χ2n) is 7.43. The second-order valence-corrected chi connectivity index (χ2v) is 7.43. The average Bonchev–Trinajstić information content (AvgIpc) is 3.29. The summed E-state index contributed by atoms with van der Waals surface area (Å²) < 4.78 is 13.0. The van der Waals surface area contributed by atoms with Gasteiger partial charge in [0.2, 0.25) is 5.91 Å². The van der Waals surface area contributed by atoms with E-state index >= 15 is 0 Å². The van der Waals surface area contributed by atoms with Crippen LogP contribution in [0.5, 0.6) is 0 Å². The standard InChI is InChI=1S/C19H25FN2O2/c20-14-6-4-13(5-7-14)15-12-16(15)19(24)22-10-8-21(9-11-22)17-2-1-3-18(17)23/h4-7,15-18,23H,1-3,8-12H2. The van der Waals surface area contributed by atoms with Crippen molar-refractivity contribution < 1.29 is 14.3 Å². The molecule has 0 bridgehead atoms. The van der Waals surface area contributed by atoms with Crippen LogP contribution in [0, 0.1) is 11.7 Å². The SMILES string of the molecule is O=C(C1CC1c1ccc(F)cc1)N1CCN(C2CCCC2O)CC1. The molecule has 5 heteroatoms. The Hall–Kier alpha value is -1.46. The van der Waals surface area contributed by atoms with Crippen LogP contribution in [0.1, 0.15) is 37.2 Å². The second kappa shape index (κ2) is 6.45. The van der Waals surface area contributed by atoms with E-state index < -0.39 is 0 Å². The maximum absolute atomic E-state index is 13.0. The molecular weight excluding hydrogens is 307 g/mol. The molecule has 24 heavy (non-hydrogen) atoms. The number of aliphatic hydroxyl groups is 1. The minimum atomic E-state index is -0.229. The van der Waals surface area contributed by atoms with E-state index in [0.29, 0.717) is 0 Å². The molecule has 1 aromatic carbocycles. The van der Waals surface area contributed by atoms with Crippen LogP contribution in [-0.4, -0.2) is 59.1 Å². The number of amides is 1. The van der Waals surface area contributed by atoms with Crippen molar-refractivity contribution in [1.29, 1.82) is 0 Å². The van der Waals surface area contributed by atoms with Gasteiger partial charge >= 0.3 is 0 Å². The van der Waals surface area contributed by atoms with Gasteiger partial charge in [-0.2, -0.15) is 0 Å². The molecule has 1 aromatic rings. The Labute approximate surface area is 142 Å². The Kier molecular flexibility index (Phi) is 4.31. The Morgan fingerprint density at radius 1 is 1.08 bits per heavy atom. The summed E-state index contributed by atoms with van der Waals surface area (Å²) in [7, 11) is 0. The number of hydrogen-bond acceptors (Lipinski definition) is 3. The molecule has 3 fully saturated rings. The van der Waals surface area contributed by atoms with Crippen LogP contribution >= 0.6 is 0 Å². The topological polar surface area (TPSA) is 43.8 Å². The fourth-order valence-corrected chi connectivity index (χ4v) is 4.40. The number of halogens is 1. The molecule has 4 unspecified atom stereocenters. The average molecular weight is 332 g/mol. The van der Waals surface area contributed by atoms with Crippen LogP contribution in [-0.2, 0) is 4.79 Å². The molecule has 0 spiro atoms. The van der Waals surface area contributed by atoms with Crippen molar-refractivity contribution >= 4 is 5.91 Å². The minimum absolute atomic E-state index is 0.0686. The first kappa shape index (κ1) is 16.0. The van der Waals surface area contributed by atoms with E-state index in [1.165, 1.54) is 12.1 Å². The smallest absolute Gasteiger partial charge is 0.226 e. The number of rotatable bonds is 3. The van der Waals surface area contributed by atoms with Crippen molar-refractivity contribution in [3.8, 4) is 0 Å². The van der Waals surface area contributed by atoms with E-state index in [2.05, 4.69) is 4.90 Å². The maximum Gasteiger partial charge on any atom is 0.226 e. The molecule has 4 rings (SSSR count). The van der Waals surface area contributed by atoms with Crippen LogP contribution in [0.15, 0.2) is 24.3 Å². The first-order valence-electron chi connectivity index (χ1n) is 9.10. The van der Waals surface area contributed by atoms with Gasteiger partial charge in [-0.1, -0.05) is 12.1 Å². The van der Waals surface area contributed by atoms with E-state index in [1.54, 1.807) is 12.1 Å². The molecular formula is C19H25FN2O2. The van der Waals surface area contributed by atoms with Crippen LogP contribution < -0.4 is 0 Å². The van der Waals surface area contributed by atoms with Crippen molar-refractivity contribution in [3.05, 3.63) is 35.6 Å². The summed E-state index contributed by atoms with van der Waals surface area (Å²) >= 11 is 0. The van der Waals surface area contributed by atoms with E-state index in [9.17, 15) is 14.3 Å². The fourth-order valence-electron chi connectivity index (χ4n) is 4.40. The third-order valence-corrected chi connectivity index (χ3v) is 5.94. The molecule has 4 atom stereocenters. The summed E-state index contributed by atoms with van der Waals surface area (Å²) in [5.74, 6) is 0.343. The number of piperazine rings is 1. The fraction of sp³-hybridized carbons (Fsp3) is 0.632. The quantitative estimate of drug-likeness (QED) is 0.921. The molecule has 4 nitrogen and oxygen atoms in total. The van der Waals surface area contributed by atoms with Crippen molar-refractivity contribution in [3.63, 3.8) is 0 Å². The number of aliphatic hydroxyl groups excluding tert-OH is 1. The van der Waals surface area contributed by atoms with Gasteiger partial charge < -0.3 is 10.0 Å². The third-order valence-electron chi connectivity index (χ3n) is 5.94. The summed E-state index contributed by atoms with van der Waals surface area (Å²) in [6.07, 6.45) is 3.77. The predicted molar refractivity (Wildman–Crippen MR) is 89.0 cm³/mol. The zero-order chi connectivity index (χ0) is 16.7. The lowest BCUT2D eigenvalue weighted by Crippen LogP contribution is -2.54. The highest BCUT2D eigenvalue weighted by molar-refractivity contribution is 5.83. The molecule has 3 aliphatic rings. The lowest BCUT2D eigenvalue weighted by atomic mass is 10.1.